The number of carbonyl (C=O) groups is 3. The molecule has 3 heterocycles. The molecule has 7 nitrogen and oxygen atoms in total. The zero-order chi connectivity index (χ0) is 19.7. The minimum absolute atomic E-state index is 0.0351. The molecular formula is C20H19BrN4O3. The van der Waals surface area contributed by atoms with E-state index in [4.69, 9.17) is 0 Å². The van der Waals surface area contributed by atoms with Gasteiger partial charge in [-0.15, -0.1) is 0 Å². The first-order valence-corrected chi connectivity index (χ1v) is 9.92. The number of imide groups is 1. The van der Waals surface area contributed by atoms with Gasteiger partial charge in [0.25, 0.3) is 11.8 Å². The lowest BCUT2D eigenvalue weighted by Gasteiger charge is -2.36. The summed E-state index contributed by atoms with van der Waals surface area (Å²) in [6, 6.07) is 8.94. The van der Waals surface area contributed by atoms with Gasteiger partial charge < -0.3 is 9.80 Å². The minimum atomic E-state index is -0.336. The number of carbonyl (C=O) groups excluding carboxylic acids is 3. The van der Waals surface area contributed by atoms with Gasteiger partial charge in [0.1, 0.15) is 0 Å². The van der Waals surface area contributed by atoms with Gasteiger partial charge in [-0.3, -0.25) is 24.3 Å². The van der Waals surface area contributed by atoms with Crippen LogP contribution < -0.4 is 4.90 Å². The standard InChI is InChI=1S/C20H19BrN4O3/c21-14-1-2-16-17(13-14)20(28)25(19(16)27)8-5-18(26)24-11-9-23(10-12-24)15-3-6-22-7-4-15/h1-4,6-7,13H,5,8-12H2. The van der Waals surface area contributed by atoms with E-state index in [1.165, 1.54) is 4.90 Å². The van der Waals surface area contributed by atoms with Gasteiger partial charge in [0.15, 0.2) is 0 Å². The van der Waals surface area contributed by atoms with E-state index in [2.05, 4.69) is 25.8 Å². The van der Waals surface area contributed by atoms with Crippen molar-refractivity contribution in [2.24, 2.45) is 0 Å². The average molecular weight is 443 g/mol. The third kappa shape index (κ3) is 3.52. The van der Waals surface area contributed by atoms with Crippen molar-refractivity contribution >= 4 is 39.3 Å². The number of piperazine rings is 1. The first-order valence-electron chi connectivity index (χ1n) is 9.13. The Kier molecular flexibility index (Phi) is 5.13. The maximum Gasteiger partial charge on any atom is 0.261 e. The molecule has 0 radical (unpaired) electrons. The molecule has 0 N–H and O–H groups in total. The summed E-state index contributed by atoms with van der Waals surface area (Å²) in [5.74, 6) is -0.702. The van der Waals surface area contributed by atoms with Crippen molar-refractivity contribution in [2.45, 2.75) is 6.42 Å². The Morgan fingerprint density at radius 3 is 2.36 bits per heavy atom. The molecule has 3 amide bonds. The van der Waals surface area contributed by atoms with Crippen molar-refractivity contribution in [3.8, 4) is 0 Å². The van der Waals surface area contributed by atoms with E-state index in [9.17, 15) is 14.4 Å². The number of anilines is 1. The molecule has 0 bridgehead atoms. The Hall–Kier alpha value is -2.74. The van der Waals surface area contributed by atoms with Crippen LogP contribution in [0, 0.1) is 0 Å². The molecule has 1 saturated heterocycles. The van der Waals surface area contributed by atoms with Crippen molar-refractivity contribution in [1.29, 1.82) is 0 Å². The van der Waals surface area contributed by atoms with E-state index < -0.39 is 0 Å². The topological polar surface area (TPSA) is 73.8 Å². The van der Waals surface area contributed by atoms with Crippen molar-refractivity contribution < 1.29 is 14.4 Å². The first-order chi connectivity index (χ1) is 13.5. The van der Waals surface area contributed by atoms with Gasteiger partial charge in [0.2, 0.25) is 5.91 Å². The number of rotatable bonds is 4. The second kappa shape index (κ2) is 7.71. The number of aromatic nitrogens is 1. The van der Waals surface area contributed by atoms with E-state index in [1.807, 2.05) is 12.1 Å². The predicted molar refractivity (Wildman–Crippen MR) is 107 cm³/mol. The Morgan fingerprint density at radius 2 is 1.64 bits per heavy atom. The van der Waals surface area contributed by atoms with Gasteiger partial charge >= 0.3 is 0 Å². The summed E-state index contributed by atoms with van der Waals surface area (Å²) in [4.78, 5) is 46.7. The molecule has 2 aromatic rings. The van der Waals surface area contributed by atoms with Gasteiger partial charge in [-0.1, -0.05) is 15.9 Å². The Labute approximate surface area is 171 Å². The average Bonchev–Trinajstić information content (AvgIpc) is 2.96. The smallest absolute Gasteiger partial charge is 0.261 e. The number of nitrogens with zero attached hydrogens (tertiary/aromatic N) is 4. The molecule has 0 saturated carbocycles. The second-order valence-corrected chi connectivity index (χ2v) is 7.69. The lowest BCUT2D eigenvalue weighted by atomic mass is 10.1. The molecule has 0 atom stereocenters. The fourth-order valence-corrected chi connectivity index (χ4v) is 3.96. The summed E-state index contributed by atoms with van der Waals surface area (Å²) in [6.45, 7) is 2.84. The monoisotopic (exact) mass is 442 g/mol. The molecule has 1 aromatic carbocycles. The maximum atomic E-state index is 12.6. The van der Waals surface area contributed by atoms with Crippen LogP contribution >= 0.6 is 15.9 Å². The number of fused-ring (bicyclic) bond motifs is 1. The van der Waals surface area contributed by atoms with Crippen molar-refractivity contribution in [3.63, 3.8) is 0 Å². The van der Waals surface area contributed by atoms with Crippen molar-refractivity contribution in [1.82, 2.24) is 14.8 Å². The highest BCUT2D eigenvalue weighted by molar-refractivity contribution is 9.10. The molecular weight excluding hydrogens is 424 g/mol. The number of halogens is 1. The predicted octanol–water partition coefficient (Wildman–Crippen LogP) is 2.18. The van der Waals surface area contributed by atoms with Crippen molar-refractivity contribution in [2.75, 3.05) is 37.6 Å². The van der Waals surface area contributed by atoms with E-state index in [0.717, 1.165) is 23.2 Å². The molecule has 1 fully saturated rings. The van der Waals surface area contributed by atoms with Crippen LogP contribution in [0.2, 0.25) is 0 Å². The molecule has 144 valence electrons. The molecule has 1 aromatic heterocycles. The normalized spacial score (nSPS) is 16.5. The highest BCUT2D eigenvalue weighted by Crippen LogP contribution is 2.26. The molecule has 0 aliphatic carbocycles. The molecule has 0 unspecified atom stereocenters. The fourth-order valence-electron chi connectivity index (χ4n) is 3.60. The quantitative estimate of drug-likeness (QED) is 0.678. The van der Waals surface area contributed by atoms with Crippen LogP contribution in [0.25, 0.3) is 0 Å². The number of pyridine rings is 1. The van der Waals surface area contributed by atoms with Gasteiger partial charge in [-0.05, 0) is 30.3 Å². The Balaban J connectivity index is 1.32. The number of amides is 3. The molecule has 2 aliphatic rings. The summed E-state index contributed by atoms with van der Waals surface area (Å²) in [7, 11) is 0. The zero-order valence-corrected chi connectivity index (χ0v) is 16.8. The second-order valence-electron chi connectivity index (χ2n) is 6.78. The van der Waals surface area contributed by atoms with Gasteiger partial charge in [-0.25, -0.2) is 0 Å². The van der Waals surface area contributed by atoms with Crippen LogP contribution in [0.1, 0.15) is 27.1 Å². The van der Waals surface area contributed by atoms with Crippen LogP contribution in [-0.4, -0.2) is 65.2 Å². The SMILES string of the molecule is O=C(CCN1C(=O)c2ccc(Br)cc2C1=O)N1CCN(c2ccncc2)CC1. The first kappa shape index (κ1) is 18.6. The third-order valence-electron chi connectivity index (χ3n) is 5.14. The molecule has 28 heavy (non-hydrogen) atoms. The minimum Gasteiger partial charge on any atom is -0.368 e. The largest absolute Gasteiger partial charge is 0.368 e. The lowest BCUT2D eigenvalue weighted by Crippen LogP contribution is -2.49. The maximum absolute atomic E-state index is 12.6. The van der Waals surface area contributed by atoms with E-state index in [1.54, 1.807) is 35.5 Å². The Morgan fingerprint density at radius 1 is 0.964 bits per heavy atom. The van der Waals surface area contributed by atoms with Crippen molar-refractivity contribution in [3.05, 3.63) is 58.3 Å². The Bertz CT molecular complexity index is 926. The summed E-state index contributed by atoms with van der Waals surface area (Å²) < 4.78 is 0.748. The van der Waals surface area contributed by atoms with Gasteiger partial charge in [0.05, 0.1) is 11.1 Å². The number of hydrogen-bond donors (Lipinski definition) is 0. The third-order valence-corrected chi connectivity index (χ3v) is 5.64. The van der Waals surface area contributed by atoms with Crippen LogP contribution in [0.5, 0.6) is 0 Å². The molecule has 2 aliphatic heterocycles. The highest BCUT2D eigenvalue weighted by Gasteiger charge is 2.36. The van der Waals surface area contributed by atoms with Gasteiger partial charge in [0, 0.05) is 61.7 Å². The zero-order valence-electron chi connectivity index (χ0n) is 15.2. The number of hydrogen-bond acceptors (Lipinski definition) is 5. The molecule has 4 rings (SSSR count). The molecule has 8 heteroatoms. The highest BCUT2D eigenvalue weighted by atomic mass is 79.9. The van der Waals surface area contributed by atoms with Crippen LogP contribution in [0.4, 0.5) is 5.69 Å². The summed E-state index contributed by atoms with van der Waals surface area (Å²) in [5, 5.41) is 0. The summed E-state index contributed by atoms with van der Waals surface area (Å²) >= 11 is 3.32. The van der Waals surface area contributed by atoms with Crippen LogP contribution in [0.15, 0.2) is 47.2 Å². The van der Waals surface area contributed by atoms with E-state index in [0.29, 0.717) is 24.2 Å². The lowest BCUT2D eigenvalue weighted by molar-refractivity contribution is -0.131. The summed E-state index contributed by atoms with van der Waals surface area (Å²) in [6.07, 6.45) is 3.66. The number of benzene rings is 1. The molecule has 0 spiro atoms. The van der Waals surface area contributed by atoms with Gasteiger partial charge in [-0.2, -0.15) is 0 Å². The van der Waals surface area contributed by atoms with Crippen LogP contribution in [-0.2, 0) is 4.79 Å². The summed E-state index contributed by atoms with van der Waals surface area (Å²) in [5.41, 5.74) is 1.88. The van der Waals surface area contributed by atoms with Crippen LogP contribution in [0.3, 0.4) is 0 Å². The van der Waals surface area contributed by atoms with E-state index in [-0.39, 0.29) is 30.7 Å². The fraction of sp³-hybridized carbons (Fsp3) is 0.300. The van der Waals surface area contributed by atoms with E-state index >= 15 is 0 Å².